The molecule has 3 aromatic rings. The quantitative estimate of drug-likeness (QED) is 0.234. The maximum absolute atomic E-state index is 15.3. The molecular formula is C29H32F4O. The van der Waals surface area contributed by atoms with E-state index in [0.29, 0.717) is 22.4 Å². The summed E-state index contributed by atoms with van der Waals surface area (Å²) in [5.74, 6) is 0.698. The zero-order valence-electron chi connectivity index (χ0n) is 19.6. The summed E-state index contributed by atoms with van der Waals surface area (Å²) in [6.45, 7) is 2.25. The van der Waals surface area contributed by atoms with Gasteiger partial charge in [-0.25, -0.2) is 4.39 Å². The molecule has 4 rings (SSSR count). The molecule has 0 aliphatic heterocycles. The van der Waals surface area contributed by atoms with Crippen molar-refractivity contribution in [3.63, 3.8) is 0 Å². The van der Waals surface area contributed by atoms with Crippen LogP contribution in [0.15, 0.2) is 54.6 Å². The average molecular weight is 473 g/mol. The van der Waals surface area contributed by atoms with E-state index in [4.69, 9.17) is 0 Å². The van der Waals surface area contributed by atoms with E-state index in [1.165, 1.54) is 87.6 Å². The number of halogens is 4. The van der Waals surface area contributed by atoms with Crippen molar-refractivity contribution in [2.75, 3.05) is 0 Å². The first-order valence-electron chi connectivity index (χ1n) is 12.4. The zero-order valence-corrected chi connectivity index (χ0v) is 19.6. The molecule has 34 heavy (non-hydrogen) atoms. The molecule has 0 saturated heterocycles. The Morgan fingerprint density at radius 1 is 0.853 bits per heavy atom. The van der Waals surface area contributed by atoms with Gasteiger partial charge in [0.05, 0.1) is 0 Å². The molecule has 1 saturated carbocycles. The highest BCUT2D eigenvalue weighted by molar-refractivity contribution is 5.89. The third-order valence-corrected chi connectivity index (χ3v) is 7.16. The predicted molar refractivity (Wildman–Crippen MR) is 129 cm³/mol. The minimum absolute atomic E-state index is 0.322. The maximum Gasteiger partial charge on any atom is 0.573 e. The molecule has 1 nitrogen and oxygen atoms in total. The van der Waals surface area contributed by atoms with Gasteiger partial charge < -0.3 is 4.74 Å². The summed E-state index contributed by atoms with van der Waals surface area (Å²) in [7, 11) is 0. The second kappa shape index (κ2) is 10.8. The molecular weight excluding hydrogens is 440 g/mol. The molecule has 0 N–H and O–H groups in total. The summed E-state index contributed by atoms with van der Waals surface area (Å²) in [5, 5.41) is 1.39. The molecule has 0 unspecified atom stereocenters. The molecule has 0 radical (unpaired) electrons. The van der Waals surface area contributed by atoms with Crippen LogP contribution in [-0.2, 0) is 0 Å². The van der Waals surface area contributed by atoms with Crippen molar-refractivity contribution in [2.24, 2.45) is 5.92 Å². The SMILES string of the molecule is CCCCCCC1CCC(c2ccc3c(F)c(-c4ccc(OC(F)(F)F)cc4)ccc3c2)CC1. The summed E-state index contributed by atoms with van der Waals surface area (Å²) in [5.41, 5.74) is 2.15. The van der Waals surface area contributed by atoms with E-state index in [1.54, 1.807) is 6.07 Å². The molecule has 3 aromatic carbocycles. The summed E-state index contributed by atoms with van der Waals surface area (Å²) < 4.78 is 56.4. The number of benzene rings is 3. The van der Waals surface area contributed by atoms with E-state index >= 15 is 4.39 Å². The summed E-state index contributed by atoms with van der Waals surface area (Å²) in [6.07, 6.45) is 6.84. The molecule has 0 bridgehead atoms. The van der Waals surface area contributed by atoms with Crippen LogP contribution in [0.25, 0.3) is 21.9 Å². The second-order valence-electron chi connectivity index (χ2n) is 9.55. The lowest BCUT2D eigenvalue weighted by Gasteiger charge is -2.29. The Balaban J connectivity index is 1.44. The third-order valence-electron chi connectivity index (χ3n) is 7.16. The Hall–Kier alpha value is -2.56. The fourth-order valence-corrected chi connectivity index (χ4v) is 5.27. The zero-order chi connectivity index (χ0) is 24.1. The van der Waals surface area contributed by atoms with Gasteiger partial charge in [0.25, 0.3) is 0 Å². The lowest BCUT2D eigenvalue weighted by Crippen LogP contribution is -2.16. The van der Waals surface area contributed by atoms with E-state index in [2.05, 4.69) is 17.7 Å². The fourth-order valence-electron chi connectivity index (χ4n) is 5.27. The Bertz CT molecular complexity index is 1080. The van der Waals surface area contributed by atoms with E-state index in [0.717, 1.165) is 11.3 Å². The van der Waals surface area contributed by atoms with Crippen molar-refractivity contribution in [2.45, 2.75) is 77.0 Å². The maximum atomic E-state index is 15.3. The van der Waals surface area contributed by atoms with Crippen LogP contribution >= 0.6 is 0 Å². The van der Waals surface area contributed by atoms with Gasteiger partial charge in [0, 0.05) is 10.9 Å². The molecule has 0 heterocycles. The van der Waals surface area contributed by atoms with Crippen molar-refractivity contribution in [1.29, 1.82) is 0 Å². The number of hydrogen-bond donors (Lipinski definition) is 0. The van der Waals surface area contributed by atoms with E-state index in [9.17, 15) is 13.2 Å². The molecule has 1 aliphatic carbocycles. The molecule has 182 valence electrons. The van der Waals surface area contributed by atoms with E-state index in [-0.39, 0.29) is 11.6 Å². The normalized spacial score (nSPS) is 18.9. The number of alkyl halides is 3. The van der Waals surface area contributed by atoms with Crippen molar-refractivity contribution in [3.8, 4) is 16.9 Å². The Kier molecular flexibility index (Phi) is 7.80. The smallest absolute Gasteiger partial charge is 0.406 e. The number of unbranched alkanes of at least 4 members (excludes halogenated alkanes) is 3. The Morgan fingerprint density at radius 3 is 2.26 bits per heavy atom. The highest BCUT2D eigenvalue weighted by Gasteiger charge is 2.31. The Labute approximate surface area is 199 Å². The average Bonchev–Trinajstić information content (AvgIpc) is 2.82. The molecule has 5 heteroatoms. The van der Waals surface area contributed by atoms with Gasteiger partial charge in [-0.3, -0.25) is 0 Å². The van der Waals surface area contributed by atoms with Crippen LogP contribution in [-0.4, -0.2) is 6.36 Å². The first-order valence-corrected chi connectivity index (χ1v) is 12.4. The fraction of sp³-hybridized carbons (Fsp3) is 0.448. The van der Waals surface area contributed by atoms with Gasteiger partial charge in [0.1, 0.15) is 11.6 Å². The van der Waals surface area contributed by atoms with Gasteiger partial charge in [-0.1, -0.05) is 81.5 Å². The number of fused-ring (bicyclic) bond motifs is 1. The predicted octanol–water partition coefficient (Wildman–Crippen LogP) is 9.79. The van der Waals surface area contributed by atoms with Crippen LogP contribution in [0.2, 0.25) is 0 Å². The van der Waals surface area contributed by atoms with Gasteiger partial charge >= 0.3 is 6.36 Å². The first kappa shape index (κ1) is 24.6. The highest BCUT2D eigenvalue weighted by Crippen LogP contribution is 2.39. The highest BCUT2D eigenvalue weighted by atomic mass is 19.4. The third kappa shape index (κ3) is 6.11. The lowest BCUT2D eigenvalue weighted by atomic mass is 9.76. The standard InChI is InChI=1S/C29H32F4O/c1-2-3-4-5-6-20-7-9-21(10-8-20)23-13-17-27-24(19-23)14-18-26(28(27)30)22-11-15-25(16-12-22)34-29(31,32)33/h11-21H,2-10H2,1H3. The van der Waals surface area contributed by atoms with Crippen molar-refractivity contribution in [3.05, 3.63) is 66.0 Å². The van der Waals surface area contributed by atoms with Gasteiger partial charge in [0.15, 0.2) is 0 Å². The van der Waals surface area contributed by atoms with Gasteiger partial charge in [-0.15, -0.1) is 13.2 Å². The van der Waals surface area contributed by atoms with Gasteiger partial charge in [-0.2, -0.15) is 0 Å². The number of ether oxygens (including phenoxy) is 1. The summed E-state index contributed by atoms with van der Waals surface area (Å²) >= 11 is 0. The summed E-state index contributed by atoms with van der Waals surface area (Å²) in [6, 6.07) is 14.9. The second-order valence-corrected chi connectivity index (χ2v) is 9.55. The molecule has 0 aromatic heterocycles. The van der Waals surface area contributed by atoms with Crippen LogP contribution in [0.1, 0.15) is 76.2 Å². The van der Waals surface area contributed by atoms with Crippen molar-refractivity contribution >= 4 is 10.8 Å². The molecule has 0 atom stereocenters. The summed E-state index contributed by atoms with van der Waals surface area (Å²) in [4.78, 5) is 0. The molecule has 0 spiro atoms. The van der Waals surface area contributed by atoms with Crippen LogP contribution < -0.4 is 4.74 Å². The Morgan fingerprint density at radius 2 is 1.59 bits per heavy atom. The van der Waals surface area contributed by atoms with Crippen LogP contribution in [0.3, 0.4) is 0 Å². The topological polar surface area (TPSA) is 9.23 Å². The van der Waals surface area contributed by atoms with E-state index in [1.807, 2.05) is 18.2 Å². The van der Waals surface area contributed by atoms with Gasteiger partial charge in [-0.05, 0) is 66.2 Å². The largest absolute Gasteiger partial charge is 0.573 e. The minimum Gasteiger partial charge on any atom is -0.406 e. The molecule has 1 fully saturated rings. The van der Waals surface area contributed by atoms with Crippen LogP contribution in [0.5, 0.6) is 5.75 Å². The van der Waals surface area contributed by atoms with Crippen molar-refractivity contribution in [1.82, 2.24) is 0 Å². The van der Waals surface area contributed by atoms with Gasteiger partial charge in [0.2, 0.25) is 0 Å². The molecule has 0 amide bonds. The minimum atomic E-state index is -4.75. The van der Waals surface area contributed by atoms with E-state index < -0.39 is 6.36 Å². The molecule has 1 aliphatic rings. The van der Waals surface area contributed by atoms with Crippen molar-refractivity contribution < 1.29 is 22.3 Å². The number of rotatable bonds is 8. The van der Waals surface area contributed by atoms with Crippen LogP contribution in [0.4, 0.5) is 17.6 Å². The lowest BCUT2D eigenvalue weighted by molar-refractivity contribution is -0.274. The number of hydrogen-bond acceptors (Lipinski definition) is 1. The first-order chi connectivity index (χ1) is 16.3. The monoisotopic (exact) mass is 472 g/mol. The van der Waals surface area contributed by atoms with Crippen LogP contribution in [0, 0.1) is 11.7 Å².